The first kappa shape index (κ1) is 15.1. The maximum absolute atomic E-state index is 12.1. The van der Waals surface area contributed by atoms with Gasteiger partial charge in [0.2, 0.25) is 5.91 Å². The predicted octanol–water partition coefficient (Wildman–Crippen LogP) is 1.28. The van der Waals surface area contributed by atoms with Crippen molar-refractivity contribution in [2.24, 2.45) is 11.7 Å². The quantitative estimate of drug-likeness (QED) is 0.834. The lowest BCUT2D eigenvalue weighted by Crippen LogP contribution is -2.29. The Labute approximate surface area is 123 Å². The van der Waals surface area contributed by atoms with Crippen molar-refractivity contribution in [1.82, 2.24) is 20.2 Å². The maximum Gasteiger partial charge on any atom is 0.228 e. The van der Waals surface area contributed by atoms with Gasteiger partial charge in [-0.3, -0.25) is 4.79 Å². The molecule has 1 heterocycles. The van der Waals surface area contributed by atoms with Crippen LogP contribution in [0.25, 0.3) is 5.69 Å². The molecular weight excluding hydrogens is 268 g/mol. The minimum Gasteiger partial charge on any atom is -0.330 e. The first-order chi connectivity index (χ1) is 10.2. The van der Waals surface area contributed by atoms with Crippen LogP contribution in [0.3, 0.4) is 0 Å². The van der Waals surface area contributed by atoms with E-state index in [0.29, 0.717) is 6.54 Å². The van der Waals surface area contributed by atoms with Crippen molar-refractivity contribution in [2.45, 2.75) is 26.7 Å². The molecule has 0 radical (unpaired) electrons. The molecule has 0 aliphatic carbocycles. The van der Waals surface area contributed by atoms with E-state index in [1.165, 1.54) is 6.33 Å². The van der Waals surface area contributed by atoms with Gasteiger partial charge in [0.15, 0.2) is 0 Å². The molecule has 2 rings (SSSR count). The number of benzene rings is 1. The number of hydrogen-bond acceptors (Lipinski definition) is 5. The molecule has 0 aliphatic rings. The van der Waals surface area contributed by atoms with Gasteiger partial charge in [0.1, 0.15) is 6.33 Å². The summed E-state index contributed by atoms with van der Waals surface area (Å²) < 4.78 is 1.58. The van der Waals surface area contributed by atoms with Crippen LogP contribution in [0.5, 0.6) is 0 Å². The van der Waals surface area contributed by atoms with E-state index in [1.807, 2.05) is 32.0 Å². The smallest absolute Gasteiger partial charge is 0.228 e. The van der Waals surface area contributed by atoms with Crippen molar-refractivity contribution in [2.75, 3.05) is 11.9 Å². The molecule has 1 amide bonds. The Kier molecular flexibility index (Phi) is 4.99. The third kappa shape index (κ3) is 3.63. The fourth-order valence-electron chi connectivity index (χ4n) is 2.21. The summed E-state index contributed by atoms with van der Waals surface area (Å²) >= 11 is 0. The molecule has 21 heavy (non-hydrogen) atoms. The van der Waals surface area contributed by atoms with Gasteiger partial charge in [0.05, 0.1) is 11.6 Å². The number of nitrogens with one attached hydrogen (secondary N) is 1. The van der Waals surface area contributed by atoms with Crippen molar-refractivity contribution in [1.29, 1.82) is 0 Å². The van der Waals surface area contributed by atoms with Crippen molar-refractivity contribution < 1.29 is 4.79 Å². The number of carbonyl (C=O) groups excluding carboxylic acids is 1. The van der Waals surface area contributed by atoms with E-state index in [-0.39, 0.29) is 11.8 Å². The van der Waals surface area contributed by atoms with Crippen LogP contribution >= 0.6 is 0 Å². The van der Waals surface area contributed by atoms with Gasteiger partial charge in [0.25, 0.3) is 0 Å². The average Bonchev–Trinajstić information content (AvgIpc) is 2.98. The molecule has 0 saturated carbocycles. The Balaban J connectivity index is 2.12. The minimum absolute atomic E-state index is 0.0334. The summed E-state index contributed by atoms with van der Waals surface area (Å²) in [5.74, 6) is -0.177. The number of aryl methyl sites for hydroxylation is 1. The van der Waals surface area contributed by atoms with E-state index >= 15 is 0 Å². The molecule has 0 spiro atoms. The topological polar surface area (TPSA) is 98.7 Å². The van der Waals surface area contributed by atoms with Crippen LogP contribution < -0.4 is 11.1 Å². The third-order valence-corrected chi connectivity index (χ3v) is 3.35. The Hall–Kier alpha value is -2.28. The SMILES string of the molecule is CCCC(CN)C(=O)Nc1ccc(-n2cnnn2)c(C)c1. The summed E-state index contributed by atoms with van der Waals surface area (Å²) in [6, 6.07) is 5.61. The van der Waals surface area contributed by atoms with E-state index in [1.54, 1.807) is 4.68 Å². The highest BCUT2D eigenvalue weighted by atomic mass is 16.1. The van der Waals surface area contributed by atoms with E-state index in [9.17, 15) is 4.79 Å². The van der Waals surface area contributed by atoms with Crippen LogP contribution in [0.1, 0.15) is 25.3 Å². The number of anilines is 1. The Morgan fingerprint density at radius 2 is 2.29 bits per heavy atom. The lowest BCUT2D eigenvalue weighted by atomic mass is 10.0. The van der Waals surface area contributed by atoms with Gasteiger partial charge in [-0.15, -0.1) is 5.10 Å². The van der Waals surface area contributed by atoms with E-state index in [2.05, 4.69) is 20.8 Å². The highest BCUT2D eigenvalue weighted by Gasteiger charge is 2.16. The van der Waals surface area contributed by atoms with Gasteiger partial charge < -0.3 is 11.1 Å². The van der Waals surface area contributed by atoms with Crippen LogP contribution in [-0.2, 0) is 4.79 Å². The molecule has 7 nitrogen and oxygen atoms in total. The highest BCUT2D eigenvalue weighted by Crippen LogP contribution is 2.19. The molecule has 3 N–H and O–H groups in total. The van der Waals surface area contributed by atoms with Gasteiger partial charge in [-0.05, 0) is 47.5 Å². The van der Waals surface area contributed by atoms with E-state index < -0.39 is 0 Å². The third-order valence-electron chi connectivity index (χ3n) is 3.35. The van der Waals surface area contributed by atoms with Crippen LogP contribution in [-0.4, -0.2) is 32.7 Å². The monoisotopic (exact) mass is 288 g/mol. The lowest BCUT2D eigenvalue weighted by Gasteiger charge is -2.15. The largest absolute Gasteiger partial charge is 0.330 e. The molecule has 1 aromatic carbocycles. The van der Waals surface area contributed by atoms with E-state index in [4.69, 9.17) is 5.73 Å². The van der Waals surface area contributed by atoms with Gasteiger partial charge >= 0.3 is 0 Å². The van der Waals surface area contributed by atoms with Crippen molar-refractivity contribution >= 4 is 11.6 Å². The van der Waals surface area contributed by atoms with Gasteiger partial charge in [-0.1, -0.05) is 13.3 Å². The number of hydrogen-bond donors (Lipinski definition) is 2. The summed E-state index contributed by atoms with van der Waals surface area (Å²) in [4.78, 5) is 12.1. The summed E-state index contributed by atoms with van der Waals surface area (Å²) in [5, 5.41) is 14.0. The second-order valence-electron chi connectivity index (χ2n) is 4.97. The molecule has 7 heteroatoms. The molecule has 1 atom stereocenters. The van der Waals surface area contributed by atoms with Crippen LogP contribution in [0.2, 0.25) is 0 Å². The second kappa shape index (κ2) is 6.94. The molecule has 0 saturated heterocycles. The molecule has 0 bridgehead atoms. The fourth-order valence-corrected chi connectivity index (χ4v) is 2.21. The number of aromatic nitrogens is 4. The Morgan fingerprint density at radius 1 is 1.48 bits per heavy atom. The zero-order valence-electron chi connectivity index (χ0n) is 12.3. The molecular formula is C14H20N6O. The summed E-state index contributed by atoms with van der Waals surface area (Å²) in [7, 11) is 0. The fraction of sp³-hybridized carbons (Fsp3) is 0.429. The van der Waals surface area contributed by atoms with Crippen molar-refractivity contribution in [3.8, 4) is 5.69 Å². The Bertz CT molecular complexity index is 596. The van der Waals surface area contributed by atoms with Crippen LogP contribution in [0.15, 0.2) is 24.5 Å². The molecule has 0 fully saturated rings. The molecule has 2 aromatic rings. The van der Waals surface area contributed by atoms with Crippen LogP contribution in [0.4, 0.5) is 5.69 Å². The van der Waals surface area contributed by atoms with Gasteiger partial charge in [0, 0.05) is 12.2 Å². The molecule has 0 aliphatic heterocycles. The number of amides is 1. The first-order valence-electron chi connectivity index (χ1n) is 7.00. The summed E-state index contributed by atoms with van der Waals surface area (Å²) in [5.41, 5.74) is 8.25. The van der Waals surface area contributed by atoms with Gasteiger partial charge in [-0.2, -0.15) is 0 Å². The average molecular weight is 288 g/mol. The zero-order chi connectivity index (χ0) is 15.2. The second-order valence-corrected chi connectivity index (χ2v) is 4.97. The Morgan fingerprint density at radius 3 is 2.86 bits per heavy atom. The number of rotatable bonds is 6. The maximum atomic E-state index is 12.1. The number of nitrogens with zero attached hydrogens (tertiary/aromatic N) is 4. The summed E-state index contributed by atoms with van der Waals surface area (Å²) in [6.45, 7) is 4.35. The number of carbonyl (C=O) groups is 1. The lowest BCUT2D eigenvalue weighted by molar-refractivity contribution is -0.119. The number of tetrazole rings is 1. The molecule has 1 aromatic heterocycles. The van der Waals surface area contributed by atoms with Crippen molar-refractivity contribution in [3.05, 3.63) is 30.1 Å². The standard InChI is InChI=1S/C14H20N6O/c1-3-4-11(8-15)14(21)17-12-5-6-13(10(2)7-12)20-9-16-18-19-20/h5-7,9,11H,3-4,8,15H2,1-2H3,(H,17,21). The summed E-state index contributed by atoms with van der Waals surface area (Å²) in [6.07, 6.45) is 3.27. The predicted molar refractivity (Wildman–Crippen MR) is 80.0 cm³/mol. The zero-order valence-corrected chi connectivity index (χ0v) is 12.3. The molecule has 112 valence electrons. The molecule has 1 unspecified atom stereocenters. The van der Waals surface area contributed by atoms with Gasteiger partial charge in [-0.25, -0.2) is 4.68 Å². The number of nitrogens with two attached hydrogens (primary N) is 1. The normalized spacial score (nSPS) is 12.1. The van der Waals surface area contributed by atoms with Crippen LogP contribution in [0, 0.1) is 12.8 Å². The van der Waals surface area contributed by atoms with Crippen molar-refractivity contribution in [3.63, 3.8) is 0 Å². The highest BCUT2D eigenvalue weighted by molar-refractivity contribution is 5.92. The minimum atomic E-state index is -0.144. The first-order valence-corrected chi connectivity index (χ1v) is 7.00. The van der Waals surface area contributed by atoms with E-state index in [0.717, 1.165) is 29.8 Å².